The highest BCUT2D eigenvalue weighted by Gasteiger charge is 2.36. The van der Waals surface area contributed by atoms with E-state index in [0.717, 1.165) is 11.1 Å². The van der Waals surface area contributed by atoms with Gasteiger partial charge in [0.1, 0.15) is 0 Å². The molecule has 0 aromatic heterocycles. The van der Waals surface area contributed by atoms with Crippen LogP contribution in [0.5, 0.6) is 0 Å². The van der Waals surface area contributed by atoms with Crippen LogP contribution in [0.25, 0.3) is 0 Å². The first-order valence-corrected chi connectivity index (χ1v) is 8.73. The molecule has 0 saturated heterocycles. The van der Waals surface area contributed by atoms with E-state index in [4.69, 9.17) is 9.47 Å². The summed E-state index contributed by atoms with van der Waals surface area (Å²) >= 11 is 0. The SMILES string of the molecule is CCOC(=O)C1=CN(CCO)C=C(C(=O)OCC)C1c1ccccc1C. The quantitative estimate of drug-likeness (QED) is 0.753. The number of carbonyl (C=O) groups excluding carboxylic acids is 2. The summed E-state index contributed by atoms with van der Waals surface area (Å²) in [6.07, 6.45) is 3.27. The summed E-state index contributed by atoms with van der Waals surface area (Å²) in [5.74, 6) is -1.55. The van der Waals surface area contributed by atoms with Gasteiger partial charge < -0.3 is 19.5 Å². The Balaban J connectivity index is 2.58. The third kappa shape index (κ3) is 4.32. The average molecular weight is 359 g/mol. The number of nitrogens with zero attached hydrogens (tertiary/aromatic N) is 1. The molecule has 6 heteroatoms. The molecule has 1 N–H and O–H groups in total. The van der Waals surface area contributed by atoms with Gasteiger partial charge in [0.15, 0.2) is 0 Å². The molecule has 1 aliphatic rings. The van der Waals surface area contributed by atoms with E-state index < -0.39 is 17.9 Å². The molecule has 0 bridgehead atoms. The van der Waals surface area contributed by atoms with Gasteiger partial charge in [-0.3, -0.25) is 0 Å². The highest BCUT2D eigenvalue weighted by Crippen LogP contribution is 2.38. The molecule has 0 amide bonds. The fourth-order valence-electron chi connectivity index (χ4n) is 2.97. The Bertz CT molecular complexity index is 687. The number of carbonyl (C=O) groups is 2. The number of ether oxygens (including phenoxy) is 2. The highest BCUT2D eigenvalue weighted by molar-refractivity contribution is 5.98. The van der Waals surface area contributed by atoms with Gasteiger partial charge in [-0.05, 0) is 31.9 Å². The van der Waals surface area contributed by atoms with Crippen molar-refractivity contribution in [2.24, 2.45) is 0 Å². The minimum Gasteiger partial charge on any atom is -0.463 e. The predicted octanol–water partition coefficient (Wildman–Crippen LogP) is 2.28. The molecule has 0 saturated carbocycles. The van der Waals surface area contributed by atoms with Gasteiger partial charge in [-0.25, -0.2) is 9.59 Å². The van der Waals surface area contributed by atoms with Crippen LogP contribution in [0.15, 0.2) is 47.8 Å². The first-order chi connectivity index (χ1) is 12.5. The number of hydrogen-bond donors (Lipinski definition) is 1. The minimum atomic E-state index is -0.579. The first-order valence-electron chi connectivity index (χ1n) is 8.73. The van der Waals surface area contributed by atoms with Gasteiger partial charge in [0.2, 0.25) is 0 Å². The van der Waals surface area contributed by atoms with Crippen molar-refractivity contribution in [3.05, 3.63) is 58.9 Å². The van der Waals surface area contributed by atoms with E-state index >= 15 is 0 Å². The summed E-state index contributed by atoms with van der Waals surface area (Å²) in [4.78, 5) is 26.8. The molecule has 26 heavy (non-hydrogen) atoms. The van der Waals surface area contributed by atoms with Gasteiger partial charge in [0, 0.05) is 18.9 Å². The molecular formula is C20H25NO5. The fraction of sp³-hybridized carbons (Fsp3) is 0.400. The second kappa shape index (κ2) is 9.20. The summed E-state index contributed by atoms with van der Waals surface area (Å²) in [5.41, 5.74) is 2.49. The summed E-state index contributed by atoms with van der Waals surface area (Å²) in [5, 5.41) is 9.27. The van der Waals surface area contributed by atoms with E-state index in [2.05, 4.69) is 0 Å². The second-order valence-electron chi connectivity index (χ2n) is 5.86. The Morgan fingerprint density at radius 1 is 1.04 bits per heavy atom. The molecule has 0 atom stereocenters. The Hall–Kier alpha value is -2.60. The maximum atomic E-state index is 12.6. The first kappa shape index (κ1) is 19.7. The van der Waals surface area contributed by atoms with Crippen LogP contribution in [0, 0.1) is 6.92 Å². The lowest BCUT2D eigenvalue weighted by molar-refractivity contribution is -0.139. The standard InChI is InChI=1S/C20H25NO5/c1-4-25-19(23)16-12-21(10-11-22)13-17(20(24)26-5-2)18(16)15-9-7-6-8-14(15)3/h6-9,12-13,18,22H,4-5,10-11H2,1-3H3. The normalized spacial score (nSPS) is 14.5. The van der Waals surface area contributed by atoms with Crippen molar-refractivity contribution in [2.75, 3.05) is 26.4 Å². The number of hydrogen-bond acceptors (Lipinski definition) is 6. The number of β-amino-alcohol motifs (C(OH)–C–C–N with tert-alkyl or cyclic N) is 1. The average Bonchev–Trinajstić information content (AvgIpc) is 2.62. The number of aryl methyl sites for hydroxylation is 1. The summed E-state index contributed by atoms with van der Waals surface area (Å²) in [6.45, 7) is 6.00. The molecule has 0 fully saturated rings. The molecule has 0 aliphatic carbocycles. The Kier molecular flexibility index (Phi) is 6.97. The van der Waals surface area contributed by atoms with Gasteiger partial charge in [0.25, 0.3) is 0 Å². The van der Waals surface area contributed by atoms with Gasteiger partial charge in [-0.15, -0.1) is 0 Å². The number of rotatable bonds is 7. The van der Waals surface area contributed by atoms with Gasteiger partial charge in [-0.2, -0.15) is 0 Å². The van der Waals surface area contributed by atoms with Crippen molar-refractivity contribution in [3.63, 3.8) is 0 Å². The molecule has 0 spiro atoms. The molecule has 0 unspecified atom stereocenters. The van der Waals surface area contributed by atoms with Crippen molar-refractivity contribution in [1.29, 1.82) is 0 Å². The lowest BCUT2D eigenvalue weighted by Crippen LogP contribution is -2.30. The maximum absolute atomic E-state index is 12.6. The maximum Gasteiger partial charge on any atom is 0.336 e. The topological polar surface area (TPSA) is 76.1 Å². The van der Waals surface area contributed by atoms with Crippen LogP contribution in [-0.4, -0.2) is 48.3 Å². The van der Waals surface area contributed by atoms with Crippen LogP contribution in [-0.2, 0) is 19.1 Å². The molecule has 140 valence electrons. The van der Waals surface area contributed by atoms with Gasteiger partial charge in [0.05, 0.1) is 36.9 Å². The third-order valence-electron chi connectivity index (χ3n) is 4.11. The highest BCUT2D eigenvalue weighted by atomic mass is 16.5. The zero-order valence-corrected chi connectivity index (χ0v) is 15.4. The Labute approximate surface area is 153 Å². The summed E-state index contributed by atoms with van der Waals surface area (Å²) in [6, 6.07) is 7.60. The number of aliphatic hydroxyl groups is 1. The lowest BCUT2D eigenvalue weighted by Gasteiger charge is -2.30. The van der Waals surface area contributed by atoms with E-state index in [9.17, 15) is 14.7 Å². The van der Waals surface area contributed by atoms with Crippen molar-refractivity contribution in [3.8, 4) is 0 Å². The van der Waals surface area contributed by atoms with Crippen LogP contribution in [0.1, 0.15) is 30.9 Å². The Morgan fingerprint density at radius 3 is 2.04 bits per heavy atom. The monoisotopic (exact) mass is 359 g/mol. The van der Waals surface area contributed by atoms with Crippen molar-refractivity contribution >= 4 is 11.9 Å². The summed E-state index contributed by atoms with van der Waals surface area (Å²) < 4.78 is 10.4. The van der Waals surface area contributed by atoms with E-state index in [0.29, 0.717) is 11.1 Å². The van der Waals surface area contributed by atoms with E-state index in [1.54, 1.807) is 31.1 Å². The van der Waals surface area contributed by atoms with Crippen molar-refractivity contribution < 1.29 is 24.2 Å². The van der Waals surface area contributed by atoms with Crippen LogP contribution in [0.2, 0.25) is 0 Å². The second-order valence-corrected chi connectivity index (χ2v) is 5.86. The summed E-state index contributed by atoms with van der Waals surface area (Å²) in [7, 11) is 0. The minimum absolute atomic E-state index is 0.117. The molecule has 1 aliphatic heterocycles. The third-order valence-corrected chi connectivity index (χ3v) is 4.11. The number of benzene rings is 1. The molecular weight excluding hydrogens is 334 g/mol. The smallest absolute Gasteiger partial charge is 0.336 e. The van der Waals surface area contributed by atoms with Crippen LogP contribution in [0.3, 0.4) is 0 Å². The van der Waals surface area contributed by atoms with E-state index in [-0.39, 0.29) is 26.4 Å². The van der Waals surface area contributed by atoms with Crippen LogP contribution < -0.4 is 0 Å². The Morgan fingerprint density at radius 2 is 1.58 bits per heavy atom. The fourth-order valence-corrected chi connectivity index (χ4v) is 2.97. The van der Waals surface area contributed by atoms with Gasteiger partial charge in [-0.1, -0.05) is 24.3 Å². The largest absolute Gasteiger partial charge is 0.463 e. The van der Waals surface area contributed by atoms with Crippen LogP contribution >= 0.6 is 0 Å². The zero-order chi connectivity index (χ0) is 19.1. The lowest BCUT2D eigenvalue weighted by atomic mass is 9.81. The van der Waals surface area contributed by atoms with Crippen LogP contribution in [0.4, 0.5) is 0 Å². The molecule has 1 aromatic carbocycles. The zero-order valence-electron chi connectivity index (χ0n) is 15.4. The number of esters is 2. The van der Waals surface area contributed by atoms with Crippen molar-refractivity contribution in [2.45, 2.75) is 26.7 Å². The number of aliphatic hydroxyl groups excluding tert-OH is 1. The molecule has 2 rings (SSSR count). The molecule has 1 aromatic rings. The van der Waals surface area contributed by atoms with E-state index in [1.165, 1.54) is 0 Å². The molecule has 0 radical (unpaired) electrons. The molecule has 6 nitrogen and oxygen atoms in total. The predicted molar refractivity (Wildman–Crippen MR) is 97.1 cm³/mol. The molecule has 1 heterocycles. The van der Waals surface area contributed by atoms with Gasteiger partial charge >= 0.3 is 11.9 Å². The van der Waals surface area contributed by atoms with Crippen molar-refractivity contribution in [1.82, 2.24) is 4.90 Å². The van der Waals surface area contributed by atoms with E-state index in [1.807, 2.05) is 31.2 Å².